The van der Waals surface area contributed by atoms with Gasteiger partial charge in [-0.15, -0.1) is 0 Å². The molecule has 2 rings (SSSR count). The number of aromatic nitrogens is 2. The number of anilines is 1. The fraction of sp³-hybridized carbons (Fsp3) is 0.545. The molecule has 18 heavy (non-hydrogen) atoms. The first kappa shape index (κ1) is 13.0. The molecule has 0 aromatic carbocycles. The highest BCUT2D eigenvalue weighted by Crippen LogP contribution is 2.29. The van der Waals surface area contributed by atoms with Crippen molar-refractivity contribution in [2.75, 3.05) is 24.2 Å². The predicted octanol–water partition coefficient (Wildman–Crippen LogP) is 2.16. The smallest absolute Gasteiger partial charge is 0.243 e. The van der Waals surface area contributed by atoms with Gasteiger partial charge in [0.1, 0.15) is 11.6 Å². The first-order chi connectivity index (χ1) is 8.65. The molecule has 1 atom stereocenters. The molecule has 0 radical (unpaired) electrons. The number of nitrogens with zero attached hydrogens (tertiary/aromatic N) is 4. The number of hydrogen-bond donors (Lipinski definition) is 0. The summed E-state index contributed by atoms with van der Waals surface area (Å²) in [4.78, 5) is 10.0. The van der Waals surface area contributed by atoms with Crippen molar-refractivity contribution < 1.29 is 8.78 Å². The molecule has 1 unspecified atom stereocenters. The summed E-state index contributed by atoms with van der Waals surface area (Å²) in [6, 6.07) is 2.00. The van der Waals surface area contributed by atoms with Crippen LogP contribution in [0.4, 0.5) is 14.6 Å². The fourth-order valence-electron chi connectivity index (χ4n) is 1.96. The minimum atomic E-state index is -2.32. The first-order valence-electron chi connectivity index (χ1n) is 5.50. The van der Waals surface area contributed by atoms with E-state index < -0.39 is 12.3 Å². The van der Waals surface area contributed by atoms with Crippen LogP contribution in [0, 0.1) is 17.2 Å². The van der Waals surface area contributed by atoms with Crippen LogP contribution in [0.2, 0.25) is 0 Å². The summed E-state index contributed by atoms with van der Waals surface area (Å²) >= 11 is 1.36. The van der Waals surface area contributed by atoms with Crippen molar-refractivity contribution >= 4 is 17.6 Å². The second-order valence-electron chi connectivity index (χ2n) is 4.04. The van der Waals surface area contributed by atoms with Gasteiger partial charge < -0.3 is 4.90 Å². The number of halogens is 2. The van der Waals surface area contributed by atoms with E-state index in [2.05, 4.69) is 9.97 Å². The van der Waals surface area contributed by atoms with Gasteiger partial charge >= 0.3 is 0 Å². The topological polar surface area (TPSA) is 52.8 Å². The summed E-state index contributed by atoms with van der Waals surface area (Å²) in [7, 11) is 0. The predicted molar refractivity (Wildman–Crippen MR) is 64.9 cm³/mol. The van der Waals surface area contributed by atoms with Crippen molar-refractivity contribution in [3.05, 3.63) is 11.8 Å². The lowest BCUT2D eigenvalue weighted by molar-refractivity contribution is 0.0880. The fourth-order valence-corrected chi connectivity index (χ4v) is 2.30. The third kappa shape index (κ3) is 2.53. The van der Waals surface area contributed by atoms with Crippen LogP contribution in [0.25, 0.3) is 0 Å². The maximum Gasteiger partial charge on any atom is 0.243 e. The third-order valence-corrected chi connectivity index (χ3v) is 3.49. The minimum Gasteiger partial charge on any atom is -0.355 e. The Labute approximate surface area is 108 Å². The highest BCUT2D eigenvalue weighted by molar-refractivity contribution is 7.98. The summed E-state index contributed by atoms with van der Waals surface area (Å²) in [6.07, 6.45) is 1.39. The van der Waals surface area contributed by atoms with Crippen LogP contribution >= 0.6 is 11.8 Å². The normalized spacial score (nSPS) is 19.3. The number of nitriles is 1. The van der Waals surface area contributed by atoms with Crippen molar-refractivity contribution in [2.45, 2.75) is 18.0 Å². The molecule has 1 saturated heterocycles. The van der Waals surface area contributed by atoms with Gasteiger partial charge in [-0.25, -0.2) is 18.7 Å². The third-order valence-electron chi connectivity index (χ3n) is 2.93. The summed E-state index contributed by atoms with van der Waals surface area (Å²) in [5, 5.41) is 9.55. The summed E-state index contributed by atoms with van der Waals surface area (Å²) < 4.78 is 25.3. The van der Waals surface area contributed by atoms with Gasteiger partial charge in [-0.1, -0.05) is 11.8 Å². The summed E-state index contributed by atoms with van der Waals surface area (Å²) in [5.41, 5.74) is 0.336. The lowest BCUT2D eigenvalue weighted by Gasteiger charge is -2.18. The first-order valence-corrected chi connectivity index (χ1v) is 6.72. The van der Waals surface area contributed by atoms with E-state index in [1.807, 2.05) is 12.3 Å². The molecule has 7 heteroatoms. The zero-order valence-corrected chi connectivity index (χ0v) is 10.6. The monoisotopic (exact) mass is 270 g/mol. The van der Waals surface area contributed by atoms with Crippen molar-refractivity contribution in [3.8, 4) is 6.07 Å². The lowest BCUT2D eigenvalue weighted by Crippen LogP contribution is -2.24. The average Bonchev–Trinajstić information content (AvgIpc) is 2.87. The van der Waals surface area contributed by atoms with Gasteiger partial charge in [0.25, 0.3) is 0 Å². The molecule has 1 aliphatic rings. The number of rotatable bonds is 3. The molecule has 2 heterocycles. The Balaban J connectivity index is 2.25. The van der Waals surface area contributed by atoms with Gasteiger partial charge in [-0.2, -0.15) is 5.26 Å². The van der Waals surface area contributed by atoms with E-state index in [4.69, 9.17) is 5.26 Å². The van der Waals surface area contributed by atoms with Crippen LogP contribution in [0.1, 0.15) is 12.0 Å². The maximum atomic E-state index is 12.6. The van der Waals surface area contributed by atoms with Crippen molar-refractivity contribution in [2.24, 2.45) is 5.92 Å². The highest BCUT2D eigenvalue weighted by atomic mass is 32.2. The standard InChI is InChI=1S/C11H12F2N4S/c1-18-11-15-5-8(4-14)10(16-11)17-3-2-7(6-17)9(12)13/h5,7,9H,2-3,6H2,1H3. The molecule has 0 amide bonds. The molecule has 1 aliphatic heterocycles. The van der Waals surface area contributed by atoms with Gasteiger partial charge in [-0.3, -0.25) is 0 Å². The van der Waals surface area contributed by atoms with Gasteiger partial charge in [0.05, 0.1) is 6.20 Å². The van der Waals surface area contributed by atoms with E-state index in [1.165, 1.54) is 18.0 Å². The second-order valence-corrected chi connectivity index (χ2v) is 4.81. The van der Waals surface area contributed by atoms with Crippen molar-refractivity contribution in [1.29, 1.82) is 5.26 Å². The average molecular weight is 270 g/mol. The Bertz CT molecular complexity index is 475. The Hall–Kier alpha value is -1.42. The molecule has 1 aromatic heterocycles. The van der Waals surface area contributed by atoms with Crippen LogP contribution in [-0.2, 0) is 0 Å². The van der Waals surface area contributed by atoms with Crippen molar-refractivity contribution in [3.63, 3.8) is 0 Å². The molecule has 0 aliphatic carbocycles. The van der Waals surface area contributed by atoms with Gasteiger partial charge in [0.2, 0.25) is 6.43 Å². The van der Waals surface area contributed by atoms with Gasteiger partial charge in [0.15, 0.2) is 11.0 Å². The van der Waals surface area contributed by atoms with Crippen LogP contribution in [0.5, 0.6) is 0 Å². The number of alkyl halides is 2. The zero-order valence-electron chi connectivity index (χ0n) is 9.81. The van der Waals surface area contributed by atoms with Gasteiger partial charge in [0, 0.05) is 19.0 Å². The second kappa shape index (κ2) is 5.48. The zero-order chi connectivity index (χ0) is 13.1. The summed E-state index contributed by atoms with van der Waals surface area (Å²) in [6.45, 7) is 0.756. The number of thioether (sulfide) groups is 1. The van der Waals surface area contributed by atoms with E-state index in [0.717, 1.165) is 0 Å². The largest absolute Gasteiger partial charge is 0.355 e. The Morgan fingerprint density at radius 2 is 2.39 bits per heavy atom. The molecule has 0 N–H and O–H groups in total. The molecule has 0 bridgehead atoms. The Morgan fingerprint density at radius 1 is 1.61 bits per heavy atom. The molecule has 1 fully saturated rings. The molecule has 96 valence electrons. The van der Waals surface area contributed by atoms with E-state index in [1.54, 1.807) is 4.90 Å². The SMILES string of the molecule is CSc1ncc(C#N)c(N2CCC(C(F)F)C2)n1. The van der Waals surface area contributed by atoms with E-state index in [-0.39, 0.29) is 6.54 Å². The van der Waals surface area contributed by atoms with Crippen molar-refractivity contribution in [1.82, 2.24) is 9.97 Å². The van der Waals surface area contributed by atoms with Crippen LogP contribution < -0.4 is 4.90 Å². The molecule has 4 nitrogen and oxygen atoms in total. The molecular weight excluding hydrogens is 258 g/mol. The number of hydrogen-bond acceptors (Lipinski definition) is 5. The molecular formula is C11H12F2N4S. The minimum absolute atomic E-state index is 0.247. The van der Waals surface area contributed by atoms with Crippen LogP contribution in [0.3, 0.4) is 0 Å². The van der Waals surface area contributed by atoms with E-state index in [0.29, 0.717) is 29.5 Å². The Morgan fingerprint density at radius 3 is 2.94 bits per heavy atom. The van der Waals surface area contributed by atoms with Crippen LogP contribution in [-0.4, -0.2) is 35.7 Å². The molecule has 1 aromatic rings. The quantitative estimate of drug-likeness (QED) is 0.622. The molecule has 0 spiro atoms. The van der Waals surface area contributed by atoms with Crippen LogP contribution in [0.15, 0.2) is 11.4 Å². The lowest BCUT2D eigenvalue weighted by atomic mass is 10.1. The summed E-state index contributed by atoms with van der Waals surface area (Å²) in [5.74, 6) is -0.163. The Kier molecular flexibility index (Phi) is 3.97. The highest BCUT2D eigenvalue weighted by Gasteiger charge is 2.31. The molecule has 0 saturated carbocycles. The van der Waals surface area contributed by atoms with E-state index >= 15 is 0 Å². The maximum absolute atomic E-state index is 12.6. The van der Waals surface area contributed by atoms with Gasteiger partial charge in [-0.05, 0) is 12.7 Å². The van der Waals surface area contributed by atoms with E-state index in [9.17, 15) is 8.78 Å².